The van der Waals surface area contributed by atoms with E-state index in [-0.39, 0.29) is 17.6 Å². The molecule has 1 aromatic rings. The standard InChI is InChI=1S/C17H25ClN2O3S/c1-3-15(4-2)17(21)19-9-11-20(12-10-19)24(22,23)13-14-5-7-16(18)8-6-14/h5-8,15H,3-4,9-13H2,1-2H3. The summed E-state index contributed by atoms with van der Waals surface area (Å²) in [5.41, 5.74) is 0.718. The van der Waals surface area contributed by atoms with Crippen LogP contribution in [0, 0.1) is 5.92 Å². The Labute approximate surface area is 149 Å². The molecule has 0 aliphatic carbocycles. The van der Waals surface area contributed by atoms with Crippen LogP contribution in [0.15, 0.2) is 24.3 Å². The van der Waals surface area contributed by atoms with E-state index in [1.165, 1.54) is 4.31 Å². The Bertz CT molecular complexity index is 649. The van der Waals surface area contributed by atoms with Crippen LogP contribution in [-0.4, -0.2) is 49.7 Å². The number of nitrogens with zero attached hydrogens (tertiary/aromatic N) is 2. The van der Waals surface area contributed by atoms with Gasteiger partial charge in [0, 0.05) is 37.1 Å². The number of halogens is 1. The van der Waals surface area contributed by atoms with Crippen molar-refractivity contribution >= 4 is 27.5 Å². The predicted octanol–water partition coefficient (Wildman–Crippen LogP) is 2.75. The lowest BCUT2D eigenvalue weighted by molar-refractivity contribution is -0.136. The van der Waals surface area contributed by atoms with Crippen molar-refractivity contribution in [3.05, 3.63) is 34.9 Å². The first kappa shape index (κ1) is 19.2. The fourth-order valence-corrected chi connectivity index (χ4v) is 4.61. The summed E-state index contributed by atoms with van der Waals surface area (Å²) in [6.07, 6.45) is 1.65. The summed E-state index contributed by atoms with van der Waals surface area (Å²) in [7, 11) is -3.38. The molecule has 1 aliphatic heterocycles. The van der Waals surface area contributed by atoms with Crippen molar-refractivity contribution in [2.24, 2.45) is 5.92 Å². The highest BCUT2D eigenvalue weighted by molar-refractivity contribution is 7.88. The van der Waals surface area contributed by atoms with Crippen LogP contribution in [0.3, 0.4) is 0 Å². The topological polar surface area (TPSA) is 57.7 Å². The number of benzene rings is 1. The molecule has 1 aromatic carbocycles. The molecule has 0 unspecified atom stereocenters. The molecule has 1 aliphatic rings. The maximum absolute atomic E-state index is 12.6. The van der Waals surface area contributed by atoms with Crippen LogP contribution in [-0.2, 0) is 20.6 Å². The Morgan fingerprint density at radius 2 is 1.62 bits per heavy atom. The van der Waals surface area contributed by atoms with Crippen molar-refractivity contribution in [2.45, 2.75) is 32.4 Å². The molecular formula is C17H25ClN2O3S. The number of hydrogen-bond donors (Lipinski definition) is 0. The fourth-order valence-electron chi connectivity index (χ4n) is 2.97. The van der Waals surface area contributed by atoms with Gasteiger partial charge in [0.2, 0.25) is 15.9 Å². The van der Waals surface area contributed by atoms with E-state index in [9.17, 15) is 13.2 Å². The zero-order chi connectivity index (χ0) is 17.7. The number of piperazine rings is 1. The number of hydrogen-bond acceptors (Lipinski definition) is 3. The van der Waals surface area contributed by atoms with Crippen molar-refractivity contribution < 1.29 is 13.2 Å². The second-order valence-electron chi connectivity index (χ2n) is 6.12. The molecule has 0 atom stereocenters. The van der Waals surface area contributed by atoms with Crippen molar-refractivity contribution in [1.29, 1.82) is 0 Å². The Morgan fingerprint density at radius 3 is 2.12 bits per heavy atom. The van der Waals surface area contributed by atoms with Crippen LogP contribution in [0.25, 0.3) is 0 Å². The van der Waals surface area contributed by atoms with Gasteiger partial charge in [0.15, 0.2) is 0 Å². The van der Waals surface area contributed by atoms with E-state index in [0.717, 1.165) is 18.4 Å². The van der Waals surface area contributed by atoms with E-state index in [1.807, 2.05) is 13.8 Å². The molecule has 1 fully saturated rings. The molecule has 5 nitrogen and oxygen atoms in total. The molecule has 0 saturated carbocycles. The average molecular weight is 373 g/mol. The number of carbonyl (C=O) groups is 1. The van der Waals surface area contributed by atoms with Gasteiger partial charge in [-0.2, -0.15) is 4.31 Å². The minimum Gasteiger partial charge on any atom is -0.340 e. The lowest BCUT2D eigenvalue weighted by Gasteiger charge is -2.35. The minimum atomic E-state index is -3.38. The molecule has 1 amide bonds. The summed E-state index contributed by atoms with van der Waals surface area (Å²) in [5.74, 6) is 0.155. The lowest BCUT2D eigenvalue weighted by atomic mass is 10.0. The van der Waals surface area contributed by atoms with E-state index in [4.69, 9.17) is 11.6 Å². The Balaban J connectivity index is 1.95. The molecule has 134 valence electrons. The zero-order valence-corrected chi connectivity index (χ0v) is 15.8. The largest absolute Gasteiger partial charge is 0.340 e. The van der Waals surface area contributed by atoms with Crippen LogP contribution >= 0.6 is 11.6 Å². The van der Waals surface area contributed by atoms with Crippen LogP contribution < -0.4 is 0 Å². The van der Waals surface area contributed by atoms with E-state index >= 15 is 0 Å². The van der Waals surface area contributed by atoms with Gasteiger partial charge >= 0.3 is 0 Å². The van der Waals surface area contributed by atoms with Crippen LogP contribution in [0.5, 0.6) is 0 Å². The van der Waals surface area contributed by atoms with Crippen LogP contribution in [0.1, 0.15) is 32.3 Å². The first-order valence-electron chi connectivity index (χ1n) is 8.38. The molecule has 2 rings (SSSR count). The normalized spacial score (nSPS) is 16.6. The number of sulfonamides is 1. The van der Waals surface area contributed by atoms with Gasteiger partial charge in [-0.05, 0) is 30.5 Å². The smallest absolute Gasteiger partial charge is 0.225 e. The van der Waals surface area contributed by atoms with Crippen molar-refractivity contribution in [2.75, 3.05) is 26.2 Å². The van der Waals surface area contributed by atoms with Gasteiger partial charge in [-0.25, -0.2) is 8.42 Å². The quantitative estimate of drug-likeness (QED) is 0.771. The van der Waals surface area contributed by atoms with Crippen molar-refractivity contribution in [3.8, 4) is 0 Å². The third kappa shape index (κ3) is 4.71. The van der Waals surface area contributed by atoms with Crippen molar-refractivity contribution in [1.82, 2.24) is 9.21 Å². The van der Waals surface area contributed by atoms with Crippen LogP contribution in [0.4, 0.5) is 0 Å². The van der Waals surface area contributed by atoms with Gasteiger partial charge in [0.25, 0.3) is 0 Å². The monoisotopic (exact) mass is 372 g/mol. The van der Waals surface area contributed by atoms with Gasteiger partial charge < -0.3 is 4.90 Å². The van der Waals surface area contributed by atoms with E-state index < -0.39 is 10.0 Å². The summed E-state index contributed by atoms with van der Waals surface area (Å²) in [4.78, 5) is 14.2. The maximum Gasteiger partial charge on any atom is 0.225 e. The highest BCUT2D eigenvalue weighted by Gasteiger charge is 2.30. The minimum absolute atomic E-state index is 0.0370. The Morgan fingerprint density at radius 1 is 1.08 bits per heavy atom. The van der Waals surface area contributed by atoms with Crippen LogP contribution in [0.2, 0.25) is 5.02 Å². The molecule has 1 saturated heterocycles. The highest BCUT2D eigenvalue weighted by Crippen LogP contribution is 2.18. The van der Waals surface area contributed by atoms with Gasteiger partial charge in [0.05, 0.1) is 5.75 Å². The Kier molecular flexibility index (Phi) is 6.66. The third-order valence-electron chi connectivity index (χ3n) is 4.54. The molecule has 0 bridgehead atoms. The number of carbonyl (C=O) groups excluding carboxylic acids is 1. The fraction of sp³-hybridized carbons (Fsp3) is 0.588. The zero-order valence-electron chi connectivity index (χ0n) is 14.2. The van der Waals surface area contributed by atoms with E-state index in [1.54, 1.807) is 29.2 Å². The molecule has 0 N–H and O–H groups in total. The molecule has 7 heteroatoms. The number of amides is 1. The maximum atomic E-state index is 12.6. The molecule has 1 heterocycles. The van der Waals surface area contributed by atoms with Gasteiger partial charge in [-0.3, -0.25) is 4.79 Å². The summed E-state index contributed by atoms with van der Waals surface area (Å²) in [5, 5.41) is 0.588. The second kappa shape index (κ2) is 8.32. The second-order valence-corrected chi connectivity index (χ2v) is 8.53. The Hall–Kier alpha value is -1.11. The lowest BCUT2D eigenvalue weighted by Crippen LogP contribution is -2.52. The first-order chi connectivity index (χ1) is 11.4. The third-order valence-corrected chi connectivity index (χ3v) is 6.64. The number of rotatable bonds is 6. The SMILES string of the molecule is CCC(CC)C(=O)N1CCN(S(=O)(=O)Cc2ccc(Cl)cc2)CC1. The van der Waals surface area contributed by atoms with Gasteiger partial charge in [-0.1, -0.05) is 37.6 Å². The molecular weight excluding hydrogens is 348 g/mol. The molecule has 24 heavy (non-hydrogen) atoms. The van der Waals surface area contributed by atoms with Gasteiger partial charge in [0.1, 0.15) is 0 Å². The molecule has 0 aromatic heterocycles. The summed E-state index contributed by atoms with van der Waals surface area (Å²) < 4.78 is 26.6. The average Bonchev–Trinajstić information content (AvgIpc) is 2.58. The first-order valence-corrected chi connectivity index (χ1v) is 10.4. The highest BCUT2D eigenvalue weighted by atomic mass is 35.5. The predicted molar refractivity (Wildman–Crippen MR) is 96.3 cm³/mol. The molecule has 0 spiro atoms. The van der Waals surface area contributed by atoms with E-state index in [2.05, 4.69) is 0 Å². The summed E-state index contributed by atoms with van der Waals surface area (Å²) in [6.45, 7) is 5.69. The van der Waals surface area contributed by atoms with E-state index in [0.29, 0.717) is 31.2 Å². The summed E-state index contributed by atoms with van der Waals surface area (Å²) >= 11 is 5.83. The molecule has 0 radical (unpaired) electrons. The van der Waals surface area contributed by atoms with Gasteiger partial charge in [-0.15, -0.1) is 0 Å². The van der Waals surface area contributed by atoms with Crippen molar-refractivity contribution in [3.63, 3.8) is 0 Å². The summed E-state index contributed by atoms with van der Waals surface area (Å²) in [6, 6.07) is 6.84.